The molecule has 4 rings (SSSR count). The third kappa shape index (κ3) is 3.75. The third-order valence-corrected chi connectivity index (χ3v) is 6.83. The molecule has 1 amide bonds. The fraction of sp³-hybridized carbons (Fsp3) is 0.0952. The van der Waals surface area contributed by atoms with Crippen LogP contribution < -0.4 is 9.84 Å². The van der Waals surface area contributed by atoms with Crippen molar-refractivity contribution >= 4 is 21.9 Å². The van der Waals surface area contributed by atoms with Gasteiger partial charge in [0.2, 0.25) is 5.43 Å². The summed E-state index contributed by atoms with van der Waals surface area (Å²) in [4.78, 5) is 37.0. The number of nitrogens with zero attached hydrogens (tertiary/aromatic N) is 3. The van der Waals surface area contributed by atoms with Crippen LogP contribution in [0.15, 0.2) is 64.4 Å². The van der Waals surface area contributed by atoms with Crippen LogP contribution in [0.1, 0.15) is 26.4 Å². The van der Waals surface area contributed by atoms with Gasteiger partial charge in [-0.1, -0.05) is 24.3 Å². The molecule has 0 bridgehead atoms. The lowest BCUT2D eigenvalue weighted by Gasteiger charge is -2.38. The third-order valence-electron chi connectivity index (χ3n) is 5.10. The maximum atomic E-state index is 14.4. The Hall–Kier alpha value is -4.26. The minimum absolute atomic E-state index is 0.267. The Morgan fingerprint density at radius 3 is 2.29 bits per heavy atom. The van der Waals surface area contributed by atoms with Crippen LogP contribution in [0.2, 0.25) is 0 Å². The first-order valence-electron chi connectivity index (χ1n) is 9.55. The normalized spacial score (nSPS) is 13.6. The van der Waals surface area contributed by atoms with Gasteiger partial charge in [-0.2, -0.15) is 12.8 Å². The van der Waals surface area contributed by atoms with Gasteiger partial charge in [-0.25, -0.2) is 18.3 Å². The zero-order valence-electron chi connectivity index (χ0n) is 17.1. The second-order valence-corrected chi connectivity index (χ2v) is 9.06. The zero-order chi connectivity index (χ0) is 24.8. The van der Waals surface area contributed by atoms with E-state index in [0.717, 1.165) is 29.2 Å². The molecule has 3 aromatic rings. The molecule has 13 heteroatoms. The first kappa shape index (κ1) is 22.9. The van der Waals surface area contributed by atoms with Gasteiger partial charge in [0.25, 0.3) is 15.9 Å². The number of pyridine rings is 1. The Morgan fingerprint density at radius 1 is 1.03 bits per heavy atom. The summed E-state index contributed by atoms with van der Waals surface area (Å²) in [6.07, 6.45) is 0.575. The zero-order valence-corrected chi connectivity index (χ0v) is 17.9. The van der Waals surface area contributed by atoms with Gasteiger partial charge in [-0.15, -0.1) is 0 Å². The first-order chi connectivity index (χ1) is 16.0. The molecule has 2 heterocycles. The molecule has 176 valence electrons. The van der Waals surface area contributed by atoms with Crippen molar-refractivity contribution in [3.63, 3.8) is 0 Å². The van der Waals surface area contributed by atoms with Crippen molar-refractivity contribution in [2.45, 2.75) is 11.4 Å². The molecule has 0 saturated carbocycles. The van der Waals surface area contributed by atoms with Crippen molar-refractivity contribution in [1.29, 1.82) is 0 Å². The Bertz CT molecular complexity index is 1490. The molecule has 0 aliphatic carbocycles. The van der Waals surface area contributed by atoms with E-state index < -0.39 is 67.5 Å². The van der Waals surface area contributed by atoms with Gasteiger partial charge >= 0.3 is 5.97 Å². The average Bonchev–Trinajstić information content (AvgIpc) is 2.78. The van der Waals surface area contributed by atoms with Crippen molar-refractivity contribution in [1.82, 2.24) is 9.58 Å². The van der Waals surface area contributed by atoms with E-state index in [9.17, 15) is 41.8 Å². The van der Waals surface area contributed by atoms with Crippen molar-refractivity contribution in [3.05, 3.63) is 93.4 Å². The number of carbonyl (C=O) groups excluding carboxylic acids is 1. The van der Waals surface area contributed by atoms with Gasteiger partial charge in [0.15, 0.2) is 11.4 Å². The van der Waals surface area contributed by atoms with Crippen molar-refractivity contribution in [2.24, 2.45) is 0 Å². The molecule has 0 unspecified atom stereocenters. The number of hydrogen-bond donors (Lipinski definition) is 2. The molecular weight excluding hydrogens is 476 g/mol. The van der Waals surface area contributed by atoms with Crippen LogP contribution in [-0.4, -0.2) is 46.8 Å². The minimum atomic E-state index is -4.77. The van der Waals surface area contributed by atoms with E-state index >= 15 is 0 Å². The van der Waals surface area contributed by atoms with Crippen LogP contribution in [0.3, 0.4) is 0 Å². The summed E-state index contributed by atoms with van der Waals surface area (Å²) in [6.45, 7) is -1.00. The highest BCUT2D eigenvalue weighted by Crippen LogP contribution is 2.27. The Labute approximate surface area is 190 Å². The summed E-state index contributed by atoms with van der Waals surface area (Å²) in [6, 6.07) is 9.29. The maximum absolute atomic E-state index is 14.4. The average molecular weight is 491 g/mol. The number of fused-ring (bicyclic) bond motifs is 1. The Kier molecular flexibility index (Phi) is 5.57. The van der Waals surface area contributed by atoms with Gasteiger partial charge in [0, 0.05) is 12.7 Å². The van der Waals surface area contributed by atoms with Crippen LogP contribution in [-0.2, 0) is 16.6 Å². The van der Waals surface area contributed by atoms with Crippen LogP contribution in [0.5, 0.6) is 5.75 Å². The monoisotopic (exact) mass is 491 g/mol. The van der Waals surface area contributed by atoms with E-state index in [1.807, 2.05) is 0 Å². The van der Waals surface area contributed by atoms with Crippen LogP contribution in [0.4, 0.5) is 8.78 Å². The van der Waals surface area contributed by atoms with E-state index in [1.165, 1.54) is 24.3 Å². The summed E-state index contributed by atoms with van der Waals surface area (Å²) in [7, 11) is -4.77. The van der Waals surface area contributed by atoms with Crippen molar-refractivity contribution < 1.29 is 37.0 Å². The molecule has 0 spiro atoms. The molecule has 10 nitrogen and oxygen atoms in total. The number of carboxylic acids is 1. The fourth-order valence-electron chi connectivity index (χ4n) is 3.44. The highest BCUT2D eigenvalue weighted by Gasteiger charge is 2.40. The Morgan fingerprint density at radius 2 is 1.68 bits per heavy atom. The summed E-state index contributed by atoms with van der Waals surface area (Å²) in [5, 5.41) is 19.7. The number of halogens is 2. The number of amides is 1. The van der Waals surface area contributed by atoms with Gasteiger partial charge < -0.3 is 15.1 Å². The molecule has 2 aromatic carbocycles. The highest BCUT2D eigenvalue weighted by atomic mass is 32.2. The number of carbonyl (C=O) groups is 2. The molecule has 1 aliphatic rings. The van der Waals surface area contributed by atoms with Crippen molar-refractivity contribution in [3.8, 4) is 5.75 Å². The van der Waals surface area contributed by atoms with Crippen LogP contribution in [0, 0.1) is 11.6 Å². The van der Waals surface area contributed by atoms with E-state index in [0.29, 0.717) is 20.9 Å². The summed E-state index contributed by atoms with van der Waals surface area (Å²) in [5.41, 5.74) is -2.85. The number of sulfonamides is 1. The van der Waals surface area contributed by atoms with E-state index in [4.69, 9.17) is 0 Å². The number of aromatic hydroxyl groups is 1. The van der Waals surface area contributed by atoms with Gasteiger partial charge in [-0.05, 0) is 29.8 Å². The molecule has 1 aliphatic heterocycles. The lowest BCUT2D eigenvalue weighted by Crippen LogP contribution is -2.56. The number of aromatic carboxylic acids is 1. The summed E-state index contributed by atoms with van der Waals surface area (Å²) in [5.74, 6) is -5.73. The molecule has 0 atom stereocenters. The van der Waals surface area contributed by atoms with Crippen LogP contribution >= 0.6 is 0 Å². The van der Waals surface area contributed by atoms with Crippen molar-refractivity contribution in [2.75, 3.05) is 11.1 Å². The number of aromatic nitrogens is 1. The topological polar surface area (TPSA) is 137 Å². The molecule has 0 radical (unpaired) electrons. The SMILES string of the molecule is O=C(O)c1cn2c(c(O)c1=O)C(=O)N(Cc1ccc(F)cc1)CN2S(=O)(=O)c1ccccc1F. The van der Waals surface area contributed by atoms with E-state index in [1.54, 1.807) is 0 Å². The first-order valence-corrected chi connectivity index (χ1v) is 11.0. The van der Waals surface area contributed by atoms with Crippen LogP contribution in [0.25, 0.3) is 0 Å². The second kappa shape index (κ2) is 8.26. The van der Waals surface area contributed by atoms with Gasteiger partial charge in [0.05, 0.1) is 0 Å². The molecule has 0 fully saturated rings. The number of rotatable bonds is 5. The standard InChI is InChI=1S/C21H15F2N3O7S/c22-13-7-5-12(6-8-13)9-24-11-26(34(32,33)16-4-2-1-3-15(16)23)25-10-14(21(30)31)18(27)19(28)17(25)20(24)29/h1-8,10,28H,9,11H2,(H,30,31). The quantitative estimate of drug-likeness (QED) is 0.551. The molecule has 0 saturated heterocycles. The molecular formula is C21H15F2N3O7S. The van der Waals surface area contributed by atoms with E-state index in [2.05, 4.69) is 0 Å². The maximum Gasteiger partial charge on any atom is 0.341 e. The lowest BCUT2D eigenvalue weighted by atomic mass is 10.1. The molecule has 34 heavy (non-hydrogen) atoms. The lowest BCUT2D eigenvalue weighted by molar-refractivity contribution is 0.0669. The smallest absolute Gasteiger partial charge is 0.341 e. The van der Waals surface area contributed by atoms with E-state index in [-0.39, 0.29) is 6.54 Å². The minimum Gasteiger partial charge on any atom is -0.502 e. The predicted molar refractivity (Wildman–Crippen MR) is 112 cm³/mol. The number of hydrogen-bond acceptors (Lipinski definition) is 6. The summed E-state index contributed by atoms with van der Waals surface area (Å²) < 4.78 is 55.4. The fourth-order valence-corrected chi connectivity index (χ4v) is 4.88. The number of benzene rings is 2. The largest absolute Gasteiger partial charge is 0.502 e. The van der Waals surface area contributed by atoms with Gasteiger partial charge in [-0.3, -0.25) is 9.59 Å². The Balaban J connectivity index is 1.93. The summed E-state index contributed by atoms with van der Waals surface area (Å²) >= 11 is 0. The molecule has 1 aromatic heterocycles. The predicted octanol–water partition coefficient (Wildman–Crippen LogP) is 1.47. The van der Waals surface area contributed by atoms with Gasteiger partial charge in [0.1, 0.15) is 28.8 Å². The number of carboxylic acid groups (broad SMARTS) is 1. The second-order valence-electron chi connectivity index (χ2n) is 7.25. The molecule has 2 N–H and O–H groups in total. The highest BCUT2D eigenvalue weighted by molar-refractivity contribution is 7.92.